The third kappa shape index (κ3) is 5.65. The Morgan fingerprint density at radius 1 is 1.00 bits per heavy atom. The van der Waals surface area contributed by atoms with E-state index in [1.165, 1.54) is 25.1 Å². The fourth-order valence-corrected chi connectivity index (χ4v) is 4.13. The van der Waals surface area contributed by atoms with E-state index in [1.807, 2.05) is 19.1 Å². The summed E-state index contributed by atoms with van der Waals surface area (Å²) in [6.07, 6.45) is 2.82. The van der Waals surface area contributed by atoms with Gasteiger partial charge in [0.15, 0.2) is 11.5 Å². The fourth-order valence-electron chi connectivity index (χ4n) is 4.13. The van der Waals surface area contributed by atoms with Crippen LogP contribution in [-0.4, -0.2) is 63.8 Å². The summed E-state index contributed by atoms with van der Waals surface area (Å²) in [6, 6.07) is 13.3. The van der Waals surface area contributed by atoms with E-state index in [0.717, 1.165) is 37.8 Å². The Morgan fingerprint density at radius 2 is 1.75 bits per heavy atom. The Balaban J connectivity index is 1.32. The SMILES string of the molecule is COc1ccc(NC(=O)[C@@H](C)Nc2cccc(N3CCN(CC4CC4)CC3)c2)cc1OC. The second-order valence-electron chi connectivity index (χ2n) is 8.71. The van der Waals surface area contributed by atoms with Crippen LogP contribution in [0.2, 0.25) is 0 Å². The minimum Gasteiger partial charge on any atom is -0.493 e. The highest BCUT2D eigenvalue weighted by Gasteiger charge is 2.26. The molecule has 0 radical (unpaired) electrons. The van der Waals surface area contributed by atoms with Gasteiger partial charge in [-0.15, -0.1) is 0 Å². The lowest BCUT2D eigenvalue weighted by molar-refractivity contribution is -0.116. The van der Waals surface area contributed by atoms with Crippen molar-refractivity contribution in [3.63, 3.8) is 0 Å². The molecule has 2 N–H and O–H groups in total. The number of methoxy groups -OCH3 is 2. The quantitative estimate of drug-likeness (QED) is 0.623. The zero-order chi connectivity index (χ0) is 22.5. The van der Waals surface area contributed by atoms with E-state index in [1.54, 1.807) is 32.4 Å². The highest BCUT2D eigenvalue weighted by atomic mass is 16.5. The number of nitrogens with zero attached hydrogens (tertiary/aromatic N) is 2. The van der Waals surface area contributed by atoms with Gasteiger partial charge in [-0.1, -0.05) is 6.07 Å². The van der Waals surface area contributed by atoms with Crippen molar-refractivity contribution in [2.75, 3.05) is 62.5 Å². The summed E-state index contributed by atoms with van der Waals surface area (Å²) in [5.74, 6) is 2.04. The van der Waals surface area contributed by atoms with E-state index >= 15 is 0 Å². The van der Waals surface area contributed by atoms with Crippen LogP contribution in [0, 0.1) is 5.92 Å². The summed E-state index contributed by atoms with van der Waals surface area (Å²) in [5, 5.41) is 6.27. The van der Waals surface area contributed by atoms with Crippen LogP contribution in [0.1, 0.15) is 19.8 Å². The van der Waals surface area contributed by atoms with Crippen molar-refractivity contribution < 1.29 is 14.3 Å². The van der Waals surface area contributed by atoms with E-state index < -0.39 is 6.04 Å². The van der Waals surface area contributed by atoms with Gasteiger partial charge in [0.1, 0.15) is 6.04 Å². The van der Waals surface area contributed by atoms with Crippen molar-refractivity contribution >= 4 is 23.0 Å². The van der Waals surface area contributed by atoms with Crippen molar-refractivity contribution in [2.24, 2.45) is 5.92 Å². The Labute approximate surface area is 190 Å². The molecule has 1 saturated heterocycles. The van der Waals surface area contributed by atoms with Gasteiger partial charge in [0.2, 0.25) is 5.91 Å². The topological polar surface area (TPSA) is 66.1 Å². The van der Waals surface area contributed by atoms with Crippen LogP contribution in [0.25, 0.3) is 0 Å². The number of anilines is 3. The third-order valence-corrected chi connectivity index (χ3v) is 6.22. The maximum atomic E-state index is 12.7. The minimum atomic E-state index is -0.395. The summed E-state index contributed by atoms with van der Waals surface area (Å²) < 4.78 is 10.6. The molecule has 1 aliphatic heterocycles. The number of hydrogen-bond donors (Lipinski definition) is 2. The Bertz CT molecular complexity index is 923. The number of carbonyl (C=O) groups is 1. The summed E-state index contributed by atoms with van der Waals surface area (Å²) in [6.45, 7) is 7.47. The van der Waals surface area contributed by atoms with Gasteiger partial charge in [-0.25, -0.2) is 0 Å². The molecular weight excluding hydrogens is 404 g/mol. The Hall–Kier alpha value is -2.93. The molecule has 1 saturated carbocycles. The maximum Gasteiger partial charge on any atom is 0.246 e. The lowest BCUT2D eigenvalue weighted by Gasteiger charge is -2.36. The number of nitrogens with one attached hydrogen (secondary N) is 2. The van der Waals surface area contributed by atoms with Crippen LogP contribution in [0.5, 0.6) is 11.5 Å². The lowest BCUT2D eigenvalue weighted by Crippen LogP contribution is -2.47. The zero-order valence-electron chi connectivity index (χ0n) is 19.3. The average molecular weight is 439 g/mol. The van der Waals surface area contributed by atoms with Crippen molar-refractivity contribution in [2.45, 2.75) is 25.8 Å². The molecule has 4 rings (SSSR count). The summed E-state index contributed by atoms with van der Waals surface area (Å²) in [4.78, 5) is 17.8. The predicted molar refractivity (Wildman–Crippen MR) is 129 cm³/mol. The molecule has 0 aromatic heterocycles. The van der Waals surface area contributed by atoms with E-state index in [4.69, 9.17) is 9.47 Å². The molecule has 2 fully saturated rings. The van der Waals surface area contributed by atoms with Crippen LogP contribution in [0.3, 0.4) is 0 Å². The molecule has 0 spiro atoms. The Kier molecular flexibility index (Phi) is 7.05. The summed E-state index contributed by atoms with van der Waals surface area (Å²) in [7, 11) is 3.16. The molecular formula is C25H34N4O3. The van der Waals surface area contributed by atoms with Gasteiger partial charge in [-0.2, -0.15) is 0 Å². The monoisotopic (exact) mass is 438 g/mol. The maximum absolute atomic E-state index is 12.7. The molecule has 7 heteroatoms. The highest BCUT2D eigenvalue weighted by molar-refractivity contribution is 5.96. The first-order valence-corrected chi connectivity index (χ1v) is 11.4. The molecule has 1 aliphatic carbocycles. The first-order chi connectivity index (χ1) is 15.6. The number of ether oxygens (including phenoxy) is 2. The molecule has 2 aromatic rings. The zero-order valence-corrected chi connectivity index (χ0v) is 19.3. The molecule has 0 unspecified atom stereocenters. The number of amides is 1. The van der Waals surface area contributed by atoms with Crippen molar-refractivity contribution in [1.29, 1.82) is 0 Å². The minimum absolute atomic E-state index is 0.115. The van der Waals surface area contributed by atoms with Gasteiger partial charge in [0.25, 0.3) is 0 Å². The van der Waals surface area contributed by atoms with Crippen molar-refractivity contribution in [3.05, 3.63) is 42.5 Å². The van der Waals surface area contributed by atoms with Gasteiger partial charge in [0, 0.05) is 55.9 Å². The third-order valence-electron chi connectivity index (χ3n) is 6.22. The number of piperazine rings is 1. The van der Waals surface area contributed by atoms with E-state index in [0.29, 0.717) is 17.2 Å². The van der Waals surface area contributed by atoms with Crippen molar-refractivity contribution in [1.82, 2.24) is 4.90 Å². The largest absolute Gasteiger partial charge is 0.493 e. The normalized spacial score (nSPS) is 17.5. The molecule has 2 aliphatic rings. The summed E-state index contributed by atoms with van der Waals surface area (Å²) >= 11 is 0. The number of carbonyl (C=O) groups excluding carboxylic acids is 1. The van der Waals surface area contributed by atoms with Crippen LogP contribution in [0.15, 0.2) is 42.5 Å². The smallest absolute Gasteiger partial charge is 0.246 e. The van der Waals surface area contributed by atoms with Gasteiger partial charge < -0.3 is 25.0 Å². The molecule has 2 aromatic carbocycles. The molecule has 1 atom stereocenters. The van der Waals surface area contributed by atoms with Gasteiger partial charge in [0.05, 0.1) is 14.2 Å². The number of hydrogen-bond acceptors (Lipinski definition) is 6. The van der Waals surface area contributed by atoms with E-state index in [-0.39, 0.29) is 5.91 Å². The first kappa shape index (κ1) is 22.3. The highest BCUT2D eigenvalue weighted by Crippen LogP contribution is 2.31. The molecule has 0 bridgehead atoms. The van der Waals surface area contributed by atoms with E-state index in [2.05, 4.69) is 32.6 Å². The molecule has 7 nitrogen and oxygen atoms in total. The van der Waals surface area contributed by atoms with Crippen LogP contribution in [0.4, 0.5) is 17.1 Å². The second kappa shape index (κ2) is 10.1. The van der Waals surface area contributed by atoms with Crippen LogP contribution < -0.4 is 25.0 Å². The number of benzene rings is 2. The van der Waals surface area contributed by atoms with Crippen molar-refractivity contribution in [3.8, 4) is 11.5 Å². The lowest BCUT2D eigenvalue weighted by atomic mass is 10.2. The van der Waals surface area contributed by atoms with Gasteiger partial charge >= 0.3 is 0 Å². The number of rotatable bonds is 9. The molecule has 172 valence electrons. The second-order valence-corrected chi connectivity index (χ2v) is 8.71. The van der Waals surface area contributed by atoms with Gasteiger partial charge in [-0.05, 0) is 56.0 Å². The Morgan fingerprint density at radius 3 is 2.44 bits per heavy atom. The molecule has 1 amide bonds. The fraction of sp³-hybridized carbons (Fsp3) is 0.480. The average Bonchev–Trinajstić information content (AvgIpc) is 3.63. The van der Waals surface area contributed by atoms with E-state index in [9.17, 15) is 4.79 Å². The molecule has 1 heterocycles. The predicted octanol–water partition coefficient (Wildman–Crippen LogP) is 3.67. The molecule has 32 heavy (non-hydrogen) atoms. The first-order valence-electron chi connectivity index (χ1n) is 11.4. The van der Waals surface area contributed by atoms with Gasteiger partial charge in [-0.3, -0.25) is 9.69 Å². The van der Waals surface area contributed by atoms with Crippen LogP contribution >= 0.6 is 0 Å². The summed E-state index contributed by atoms with van der Waals surface area (Å²) in [5.41, 5.74) is 2.81. The van der Waals surface area contributed by atoms with Crippen LogP contribution in [-0.2, 0) is 4.79 Å². The standard InChI is InChI=1S/C25H34N4O3/c1-18(25(30)27-21-9-10-23(31-2)24(16-21)32-3)26-20-5-4-6-22(15-20)29-13-11-28(12-14-29)17-19-7-8-19/h4-6,9-10,15-16,18-19,26H,7-8,11-14,17H2,1-3H3,(H,27,30)/t18-/m1/s1.